The Kier molecular flexibility index (Phi) is 4.45. The van der Waals surface area contributed by atoms with E-state index in [0.717, 1.165) is 11.4 Å². The summed E-state index contributed by atoms with van der Waals surface area (Å²) in [4.78, 5) is 0. The predicted molar refractivity (Wildman–Crippen MR) is 84.0 cm³/mol. The Morgan fingerprint density at radius 1 is 0.952 bits per heavy atom. The van der Waals surface area contributed by atoms with Crippen molar-refractivity contribution in [2.45, 2.75) is 6.92 Å². The molecule has 0 amide bonds. The maximum absolute atomic E-state index is 11.5. The van der Waals surface area contributed by atoms with Crippen molar-refractivity contribution in [1.82, 2.24) is 0 Å². The second-order valence-corrected chi connectivity index (χ2v) is 6.41. The first kappa shape index (κ1) is 14.9. The van der Waals surface area contributed by atoms with Crippen LogP contribution in [0.4, 0.5) is 17.1 Å². The number of nitrogens with one attached hydrogen (secondary N) is 2. The molecule has 0 atom stereocenters. The van der Waals surface area contributed by atoms with Gasteiger partial charge in [0, 0.05) is 17.1 Å². The second kappa shape index (κ2) is 6.29. The van der Waals surface area contributed by atoms with Crippen LogP contribution >= 0.6 is 0 Å². The van der Waals surface area contributed by atoms with Crippen molar-refractivity contribution < 1.29 is 8.42 Å². The van der Waals surface area contributed by atoms with Gasteiger partial charge in [-0.1, -0.05) is 0 Å². The summed E-state index contributed by atoms with van der Waals surface area (Å²) in [6, 6.07) is 16.1. The van der Waals surface area contributed by atoms with Gasteiger partial charge in [-0.2, -0.15) is 5.26 Å². The van der Waals surface area contributed by atoms with E-state index in [0.29, 0.717) is 11.3 Å². The van der Waals surface area contributed by atoms with Crippen molar-refractivity contribution in [2.24, 2.45) is 0 Å². The van der Waals surface area contributed by atoms with Crippen molar-refractivity contribution in [3.8, 4) is 6.07 Å². The van der Waals surface area contributed by atoms with Gasteiger partial charge < -0.3 is 5.32 Å². The van der Waals surface area contributed by atoms with Gasteiger partial charge in [-0.15, -0.1) is 0 Å². The van der Waals surface area contributed by atoms with E-state index in [2.05, 4.69) is 16.1 Å². The topological polar surface area (TPSA) is 82.0 Å². The summed E-state index contributed by atoms with van der Waals surface area (Å²) in [6.45, 7) is 1.59. The van der Waals surface area contributed by atoms with Crippen LogP contribution in [0.15, 0.2) is 48.5 Å². The Labute approximate surface area is 124 Å². The fourth-order valence-corrected chi connectivity index (χ4v) is 2.31. The van der Waals surface area contributed by atoms with Gasteiger partial charge in [-0.05, 0) is 55.5 Å². The number of rotatable bonds is 5. The van der Waals surface area contributed by atoms with Gasteiger partial charge in [0.05, 0.1) is 17.4 Å². The van der Waals surface area contributed by atoms with Gasteiger partial charge in [0.15, 0.2) is 0 Å². The zero-order valence-corrected chi connectivity index (χ0v) is 12.3. The molecule has 5 nitrogen and oxygen atoms in total. The molecule has 2 aromatic carbocycles. The summed E-state index contributed by atoms with van der Waals surface area (Å²) in [5.41, 5.74) is 2.82. The van der Waals surface area contributed by atoms with Gasteiger partial charge in [-0.25, -0.2) is 8.42 Å². The number of nitrogens with zero attached hydrogens (tertiary/aromatic N) is 1. The Bertz CT molecular complexity index is 745. The van der Waals surface area contributed by atoms with Crippen LogP contribution in [-0.4, -0.2) is 14.2 Å². The van der Waals surface area contributed by atoms with E-state index in [1.54, 1.807) is 43.3 Å². The molecule has 0 aliphatic rings. The zero-order valence-electron chi connectivity index (χ0n) is 11.5. The molecule has 108 valence electrons. The van der Waals surface area contributed by atoms with Gasteiger partial charge in [0.1, 0.15) is 0 Å². The summed E-state index contributed by atoms with van der Waals surface area (Å²) < 4.78 is 25.4. The summed E-state index contributed by atoms with van der Waals surface area (Å²) in [5, 5.41) is 11.9. The molecule has 2 aromatic rings. The van der Waals surface area contributed by atoms with E-state index in [1.165, 1.54) is 0 Å². The summed E-state index contributed by atoms with van der Waals surface area (Å²) >= 11 is 0. The van der Waals surface area contributed by atoms with E-state index in [9.17, 15) is 8.42 Å². The van der Waals surface area contributed by atoms with E-state index < -0.39 is 10.0 Å². The number of benzene rings is 2. The zero-order chi connectivity index (χ0) is 15.3. The van der Waals surface area contributed by atoms with Crippen LogP contribution in [0.3, 0.4) is 0 Å². The van der Waals surface area contributed by atoms with Gasteiger partial charge in [-0.3, -0.25) is 4.72 Å². The molecule has 21 heavy (non-hydrogen) atoms. The van der Waals surface area contributed by atoms with E-state index in [1.807, 2.05) is 12.1 Å². The number of hydrogen-bond donors (Lipinski definition) is 2. The molecule has 0 saturated heterocycles. The summed E-state index contributed by atoms with van der Waals surface area (Å²) in [6.07, 6.45) is 0. The third kappa shape index (κ3) is 4.23. The van der Waals surface area contributed by atoms with Crippen LogP contribution in [0, 0.1) is 11.3 Å². The largest absolute Gasteiger partial charge is 0.356 e. The first-order chi connectivity index (χ1) is 10.0. The highest BCUT2D eigenvalue weighted by atomic mass is 32.2. The van der Waals surface area contributed by atoms with Crippen LogP contribution in [0.5, 0.6) is 0 Å². The van der Waals surface area contributed by atoms with Crippen LogP contribution < -0.4 is 10.0 Å². The number of anilines is 3. The minimum atomic E-state index is -3.25. The first-order valence-electron chi connectivity index (χ1n) is 6.40. The molecule has 0 fully saturated rings. The molecule has 0 aliphatic carbocycles. The molecule has 0 aliphatic heterocycles. The molecule has 2 N–H and O–H groups in total. The lowest BCUT2D eigenvalue weighted by Crippen LogP contribution is -2.14. The number of sulfonamides is 1. The van der Waals surface area contributed by atoms with Crippen molar-refractivity contribution in [2.75, 3.05) is 15.8 Å². The third-order valence-corrected chi connectivity index (χ3v) is 4.15. The summed E-state index contributed by atoms with van der Waals surface area (Å²) in [5.74, 6) is 0.0399. The number of nitriles is 1. The average Bonchev–Trinajstić information content (AvgIpc) is 2.50. The van der Waals surface area contributed by atoms with Crippen LogP contribution in [0.25, 0.3) is 0 Å². The standard InChI is InChI=1S/C15H15N3O2S/c1-2-21(19,20)18-15-9-7-14(8-10-15)17-13-5-3-12(11-16)4-6-13/h3-10,17-18H,2H2,1H3. The van der Waals surface area contributed by atoms with Crippen molar-refractivity contribution >= 4 is 27.1 Å². The Morgan fingerprint density at radius 3 is 1.90 bits per heavy atom. The molecular formula is C15H15N3O2S. The average molecular weight is 301 g/mol. The minimum absolute atomic E-state index is 0.0399. The normalized spacial score (nSPS) is 10.7. The highest BCUT2D eigenvalue weighted by molar-refractivity contribution is 7.92. The minimum Gasteiger partial charge on any atom is -0.356 e. The van der Waals surface area contributed by atoms with Crippen molar-refractivity contribution in [3.05, 3.63) is 54.1 Å². The summed E-state index contributed by atoms with van der Waals surface area (Å²) in [7, 11) is -3.25. The highest BCUT2D eigenvalue weighted by Gasteiger charge is 2.06. The van der Waals surface area contributed by atoms with Gasteiger partial charge >= 0.3 is 0 Å². The Balaban J connectivity index is 2.07. The molecule has 0 aromatic heterocycles. The molecular weight excluding hydrogens is 286 g/mol. The Hall–Kier alpha value is -2.52. The predicted octanol–water partition coefficient (Wildman–Crippen LogP) is 3.06. The van der Waals surface area contributed by atoms with Crippen LogP contribution in [-0.2, 0) is 10.0 Å². The maximum Gasteiger partial charge on any atom is 0.232 e. The number of hydrogen-bond acceptors (Lipinski definition) is 4. The quantitative estimate of drug-likeness (QED) is 0.889. The lowest BCUT2D eigenvalue weighted by Gasteiger charge is -2.09. The SMILES string of the molecule is CCS(=O)(=O)Nc1ccc(Nc2ccc(C#N)cc2)cc1. The molecule has 0 unspecified atom stereocenters. The fourth-order valence-electron chi connectivity index (χ4n) is 1.67. The monoisotopic (exact) mass is 301 g/mol. The fraction of sp³-hybridized carbons (Fsp3) is 0.133. The maximum atomic E-state index is 11.5. The van der Waals surface area contributed by atoms with Gasteiger partial charge in [0.25, 0.3) is 0 Å². The molecule has 0 spiro atoms. The van der Waals surface area contributed by atoms with Gasteiger partial charge in [0.2, 0.25) is 10.0 Å². The lowest BCUT2D eigenvalue weighted by atomic mass is 10.2. The van der Waals surface area contributed by atoms with E-state index in [-0.39, 0.29) is 5.75 Å². The van der Waals surface area contributed by atoms with E-state index in [4.69, 9.17) is 5.26 Å². The molecule has 0 bridgehead atoms. The van der Waals surface area contributed by atoms with Crippen LogP contribution in [0.1, 0.15) is 12.5 Å². The van der Waals surface area contributed by atoms with Crippen molar-refractivity contribution in [3.63, 3.8) is 0 Å². The molecule has 0 saturated carbocycles. The molecule has 2 rings (SSSR count). The third-order valence-electron chi connectivity index (χ3n) is 2.84. The molecule has 0 heterocycles. The first-order valence-corrected chi connectivity index (χ1v) is 8.05. The van der Waals surface area contributed by atoms with Crippen molar-refractivity contribution in [1.29, 1.82) is 5.26 Å². The van der Waals surface area contributed by atoms with Crippen LogP contribution in [0.2, 0.25) is 0 Å². The Morgan fingerprint density at radius 2 is 1.43 bits per heavy atom. The smallest absolute Gasteiger partial charge is 0.232 e. The second-order valence-electron chi connectivity index (χ2n) is 4.40. The van der Waals surface area contributed by atoms with E-state index >= 15 is 0 Å². The molecule has 6 heteroatoms. The highest BCUT2D eigenvalue weighted by Crippen LogP contribution is 2.19. The molecule has 0 radical (unpaired) electrons. The lowest BCUT2D eigenvalue weighted by molar-refractivity contribution is 0.602.